The van der Waals surface area contributed by atoms with E-state index in [2.05, 4.69) is 5.10 Å². The Kier molecular flexibility index (Phi) is 7.00. The molecular weight excluding hydrogens is 520 g/mol. The van der Waals surface area contributed by atoms with Gasteiger partial charge in [0, 0.05) is 27.9 Å². The second-order valence-corrected chi connectivity index (χ2v) is 9.72. The Bertz CT molecular complexity index is 1730. The van der Waals surface area contributed by atoms with E-state index in [0.717, 1.165) is 39.5 Å². The fourth-order valence-electron chi connectivity index (χ4n) is 4.50. The Labute approximate surface area is 237 Å². The largest absolute Gasteiger partial charge is 0.489 e. The molecule has 196 valence electrons. The molecule has 0 bridgehead atoms. The number of carbonyl (C=O) groups is 1. The zero-order valence-electron chi connectivity index (χ0n) is 21.7. The Balaban J connectivity index is 1.33. The van der Waals surface area contributed by atoms with Crippen LogP contribution >= 0.6 is 11.6 Å². The van der Waals surface area contributed by atoms with Crippen molar-refractivity contribution in [3.05, 3.63) is 137 Å². The van der Waals surface area contributed by atoms with Crippen LogP contribution in [0.2, 0.25) is 5.02 Å². The first-order valence-electron chi connectivity index (χ1n) is 12.9. The topological polar surface area (TPSA) is 59.7 Å². The fraction of sp³-hybridized carbons (Fsp3) is 0.0606. The summed E-state index contributed by atoms with van der Waals surface area (Å²) in [5.74, 6) is 0.545. The van der Waals surface area contributed by atoms with Gasteiger partial charge in [0.1, 0.15) is 12.4 Å². The van der Waals surface area contributed by atoms with Crippen LogP contribution in [0.25, 0.3) is 23.0 Å². The molecule has 1 aromatic heterocycles. The second-order valence-electron chi connectivity index (χ2n) is 9.31. The van der Waals surface area contributed by atoms with Gasteiger partial charge in [0.05, 0.1) is 28.4 Å². The molecule has 0 fully saturated rings. The first-order chi connectivity index (χ1) is 19.6. The molecule has 0 unspecified atom stereocenters. The van der Waals surface area contributed by atoms with Crippen molar-refractivity contribution >= 4 is 35.0 Å². The highest BCUT2D eigenvalue weighted by molar-refractivity contribution is 6.32. The Hall–Kier alpha value is -4.94. The third-order valence-corrected chi connectivity index (χ3v) is 6.98. The van der Waals surface area contributed by atoms with E-state index in [-0.39, 0.29) is 5.91 Å². The van der Waals surface area contributed by atoms with Crippen molar-refractivity contribution in [1.29, 1.82) is 0 Å². The number of ether oxygens (including phenoxy) is 1. The third kappa shape index (κ3) is 5.17. The summed E-state index contributed by atoms with van der Waals surface area (Å²) < 4.78 is 7.79. The van der Waals surface area contributed by atoms with Crippen molar-refractivity contribution < 1.29 is 9.53 Å². The molecule has 1 aliphatic heterocycles. The van der Waals surface area contributed by atoms with Crippen LogP contribution in [0.15, 0.2) is 126 Å². The van der Waals surface area contributed by atoms with Gasteiger partial charge in [-0.25, -0.2) is 4.68 Å². The number of nitrogens with zero attached hydrogens (tertiary/aromatic N) is 4. The predicted octanol–water partition coefficient (Wildman–Crippen LogP) is 7.58. The summed E-state index contributed by atoms with van der Waals surface area (Å²) in [6, 6.07) is 34.7. The maximum absolute atomic E-state index is 13.4. The molecule has 0 spiro atoms. The molecule has 0 radical (unpaired) electrons. The molecule has 1 amide bonds. The highest BCUT2D eigenvalue weighted by Gasteiger charge is 2.29. The van der Waals surface area contributed by atoms with Crippen molar-refractivity contribution in [1.82, 2.24) is 9.78 Å². The van der Waals surface area contributed by atoms with E-state index in [4.69, 9.17) is 21.4 Å². The summed E-state index contributed by atoms with van der Waals surface area (Å²) in [7, 11) is 0. The van der Waals surface area contributed by atoms with Crippen LogP contribution in [-0.4, -0.2) is 21.4 Å². The van der Waals surface area contributed by atoms with Gasteiger partial charge in [-0.3, -0.25) is 4.79 Å². The number of carbonyl (C=O) groups excluding carboxylic acids is 1. The molecule has 0 N–H and O–H groups in total. The molecule has 6 rings (SSSR count). The Morgan fingerprint density at radius 1 is 0.825 bits per heavy atom. The van der Waals surface area contributed by atoms with Crippen molar-refractivity contribution in [3.8, 4) is 22.7 Å². The average Bonchev–Trinajstić information content (AvgIpc) is 3.55. The maximum Gasteiger partial charge on any atom is 0.280 e. The van der Waals surface area contributed by atoms with Crippen LogP contribution in [0.1, 0.15) is 18.1 Å². The molecule has 6 nitrogen and oxygen atoms in total. The summed E-state index contributed by atoms with van der Waals surface area (Å²) >= 11 is 6.27. The predicted molar refractivity (Wildman–Crippen MR) is 160 cm³/mol. The zero-order chi connectivity index (χ0) is 27.5. The second kappa shape index (κ2) is 11.0. The van der Waals surface area contributed by atoms with Crippen molar-refractivity contribution in [3.63, 3.8) is 0 Å². The van der Waals surface area contributed by atoms with E-state index in [1.165, 1.54) is 5.01 Å². The van der Waals surface area contributed by atoms with Crippen LogP contribution < -0.4 is 9.75 Å². The van der Waals surface area contributed by atoms with E-state index in [1.54, 1.807) is 0 Å². The first-order valence-corrected chi connectivity index (χ1v) is 13.2. The van der Waals surface area contributed by atoms with Gasteiger partial charge in [-0.15, -0.1) is 0 Å². The van der Waals surface area contributed by atoms with Crippen molar-refractivity contribution in [2.24, 2.45) is 5.10 Å². The summed E-state index contributed by atoms with van der Waals surface area (Å²) in [5, 5.41) is 11.5. The van der Waals surface area contributed by atoms with Crippen LogP contribution in [0.3, 0.4) is 0 Å². The van der Waals surface area contributed by atoms with Crippen molar-refractivity contribution in [2.75, 3.05) is 5.01 Å². The first kappa shape index (κ1) is 25.3. The standard InChI is InChI=1S/C33H25ClN4O2/c1-23-30(33(39)38(35-23)28-13-6-3-7-14-28)20-26-21-37(27-11-4-2-5-12-27)36-32(26)24-16-18-29(19-17-24)40-22-25-10-8-9-15-31(25)34/h2-21H,22H2,1H3/b30-20-. The summed E-state index contributed by atoms with van der Waals surface area (Å²) in [6.07, 6.45) is 3.80. The molecular formula is C33H25ClN4O2. The van der Waals surface area contributed by atoms with E-state index in [1.807, 2.05) is 133 Å². The smallest absolute Gasteiger partial charge is 0.280 e. The van der Waals surface area contributed by atoms with E-state index >= 15 is 0 Å². The van der Waals surface area contributed by atoms with Gasteiger partial charge in [0.15, 0.2) is 0 Å². The van der Waals surface area contributed by atoms with Crippen LogP contribution in [0, 0.1) is 0 Å². The van der Waals surface area contributed by atoms with Gasteiger partial charge in [-0.05, 0) is 67.6 Å². The number of hydrogen-bond donors (Lipinski definition) is 0. The lowest BCUT2D eigenvalue weighted by atomic mass is 10.0. The molecule has 0 atom stereocenters. The lowest BCUT2D eigenvalue weighted by Gasteiger charge is -2.11. The number of hydrazone groups is 1. The highest BCUT2D eigenvalue weighted by Crippen LogP contribution is 2.30. The minimum atomic E-state index is -0.176. The maximum atomic E-state index is 13.4. The van der Waals surface area contributed by atoms with E-state index in [0.29, 0.717) is 22.9 Å². The van der Waals surface area contributed by atoms with Crippen LogP contribution in [-0.2, 0) is 11.4 Å². The minimum absolute atomic E-state index is 0.176. The molecule has 2 heterocycles. The Morgan fingerprint density at radius 2 is 1.48 bits per heavy atom. The lowest BCUT2D eigenvalue weighted by Crippen LogP contribution is -2.21. The van der Waals surface area contributed by atoms with Gasteiger partial charge in [-0.2, -0.15) is 15.2 Å². The number of rotatable bonds is 7. The number of amides is 1. The highest BCUT2D eigenvalue weighted by atomic mass is 35.5. The quantitative estimate of drug-likeness (QED) is 0.198. The summed E-state index contributed by atoms with van der Waals surface area (Å²) in [4.78, 5) is 13.4. The molecule has 0 aliphatic carbocycles. The normalized spacial score (nSPS) is 14.1. The number of anilines is 1. The van der Waals surface area contributed by atoms with Crippen LogP contribution in [0.5, 0.6) is 5.75 Å². The zero-order valence-corrected chi connectivity index (χ0v) is 22.5. The van der Waals surface area contributed by atoms with Gasteiger partial charge >= 0.3 is 0 Å². The van der Waals surface area contributed by atoms with Gasteiger partial charge in [0.2, 0.25) is 0 Å². The average molecular weight is 545 g/mol. The molecule has 1 aliphatic rings. The molecule has 7 heteroatoms. The third-order valence-electron chi connectivity index (χ3n) is 6.61. The lowest BCUT2D eigenvalue weighted by molar-refractivity contribution is -0.114. The SMILES string of the molecule is CC1=NN(c2ccccc2)C(=O)/C1=C\c1cn(-c2ccccc2)nc1-c1ccc(OCc2ccccc2Cl)cc1. The molecule has 4 aromatic carbocycles. The molecule has 5 aromatic rings. The molecule has 40 heavy (non-hydrogen) atoms. The Morgan fingerprint density at radius 3 is 2.17 bits per heavy atom. The van der Waals surface area contributed by atoms with Crippen LogP contribution in [0.4, 0.5) is 5.69 Å². The molecule has 0 saturated heterocycles. The number of para-hydroxylation sites is 2. The van der Waals surface area contributed by atoms with Gasteiger partial charge in [-0.1, -0.05) is 66.2 Å². The number of aromatic nitrogens is 2. The number of halogens is 1. The van der Waals surface area contributed by atoms with Gasteiger partial charge in [0.25, 0.3) is 5.91 Å². The van der Waals surface area contributed by atoms with Crippen molar-refractivity contribution in [2.45, 2.75) is 13.5 Å². The molecule has 0 saturated carbocycles. The summed E-state index contributed by atoms with van der Waals surface area (Å²) in [6.45, 7) is 2.22. The fourth-order valence-corrected chi connectivity index (χ4v) is 4.69. The summed E-state index contributed by atoms with van der Waals surface area (Å²) in [5.41, 5.74) is 6.19. The number of hydrogen-bond acceptors (Lipinski definition) is 4. The monoisotopic (exact) mass is 544 g/mol. The number of benzene rings is 4. The van der Waals surface area contributed by atoms with E-state index < -0.39 is 0 Å². The van der Waals surface area contributed by atoms with E-state index in [9.17, 15) is 4.79 Å². The minimum Gasteiger partial charge on any atom is -0.489 e. The van der Waals surface area contributed by atoms with Gasteiger partial charge < -0.3 is 4.74 Å².